The van der Waals surface area contributed by atoms with Gasteiger partial charge in [0.15, 0.2) is 5.11 Å². The van der Waals surface area contributed by atoms with Gasteiger partial charge in [0.1, 0.15) is 0 Å². The average Bonchev–Trinajstić information content (AvgIpc) is 3.21. The van der Waals surface area contributed by atoms with Gasteiger partial charge in [0, 0.05) is 21.6 Å². The van der Waals surface area contributed by atoms with Gasteiger partial charge in [-0.2, -0.15) is 0 Å². The number of thiophene rings is 1. The number of anilines is 1. The van der Waals surface area contributed by atoms with Crippen molar-refractivity contribution < 1.29 is 0 Å². The van der Waals surface area contributed by atoms with Crippen molar-refractivity contribution >= 4 is 34.4 Å². The predicted molar refractivity (Wildman–Crippen MR) is 113 cm³/mol. The normalized spacial score (nSPS) is 19.7. The van der Waals surface area contributed by atoms with Crippen LogP contribution >= 0.6 is 23.6 Å². The second-order valence-electron chi connectivity index (χ2n) is 6.71. The molecule has 1 fully saturated rings. The van der Waals surface area contributed by atoms with Crippen molar-refractivity contribution in [1.29, 1.82) is 0 Å². The summed E-state index contributed by atoms with van der Waals surface area (Å²) in [7, 11) is 0. The predicted octanol–water partition coefficient (Wildman–Crippen LogP) is 5.25. The molecule has 1 N–H and O–H groups in total. The van der Waals surface area contributed by atoms with Crippen LogP contribution in [0.3, 0.4) is 0 Å². The maximum Gasteiger partial charge on any atom is 0.174 e. The number of thiocarbonyl (C=S) groups is 1. The second kappa shape index (κ2) is 6.82. The summed E-state index contributed by atoms with van der Waals surface area (Å²) in [4.78, 5) is 9.43. The van der Waals surface area contributed by atoms with E-state index >= 15 is 0 Å². The Morgan fingerprint density at radius 3 is 2.54 bits per heavy atom. The molecule has 0 bridgehead atoms. The standard InChI is InChI=1S/C21H21N3S2/c1-13-7-9-16(12-14(13)2)24-20(18-10-8-15(3)26-18)19(23-21(24)25)17-6-4-5-11-22-17/h4-12,19-20H,1-3H3,(H,23,25)/t19-,20+/m1/s1. The SMILES string of the molecule is Cc1ccc([C@H]2[C@@H](c3ccccn3)NC(=S)N2c2ccc(C)c(C)c2)s1. The summed E-state index contributed by atoms with van der Waals surface area (Å²) in [6.45, 7) is 6.42. The minimum atomic E-state index is 0.0309. The molecule has 0 saturated carbocycles. The number of hydrogen-bond acceptors (Lipinski definition) is 3. The lowest BCUT2D eigenvalue weighted by Crippen LogP contribution is -2.29. The van der Waals surface area contributed by atoms with Gasteiger partial charge in [-0.15, -0.1) is 11.3 Å². The van der Waals surface area contributed by atoms with E-state index in [4.69, 9.17) is 12.2 Å². The van der Waals surface area contributed by atoms with E-state index in [1.807, 2.05) is 29.7 Å². The summed E-state index contributed by atoms with van der Waals surface area (Å²) in [5.41, 5.74) is 4.70. The maximum atomic E-state index is 5.75. The van der Waals surface area contributed by atoms with Crippen molar-refractivity contribution in [2.75, 3.05) is 4.90 Å². The lowest BCUT2D eigenvalue weighted by Gasteiger charge is -2.27. The zero-order chi connectivity index (χ0) is 18.3. The van der Waals surface area contributed by atoms with Crippen LogP contribution in [-0.2, 0) is 0 Å². The van der Waals surface area contributed by atoms with E-state index in [-0.39, 0.29) is 12.1 Å². The first kappa shape index (κ1) is 17.2. The van der Waals surface area contributed by atoms with Crippen LogP contribution < -0.4 is 10.2 Å². The van der Waals surface area contributed by atoms with Crippen LogP contribution in [0.15, 0.2) is 54.7 Å². The summed E-state index contributed by atoms with van der Waals surface area (Å²) in [6.07, 6.45) is 1.84. The van der Waals surface area contributed by atoms with Crippen molar-refractivity contribution in [3.63, 3.8) is 0 Å². The van der Waals surface area contributed by atoms with Crippen LogP contribution in [0.5, 0.6) is 0 Å². The lowest BCUT2D eigenvalue weighted by atomic mass is 10.0. The van der Waals surface area contributed by atoms with Crippen molar-refractivity contribution in [2.45, 2.75) is 32.9 Å². The van der Waals surface area contributed by atoms with Gasteiger partial charge in [0.05, 0.1) is 17.8 Å². The molecule has 3 aromatic rings. The molecule has 0 amide bonds. The molecule has 26 heavy (non-hydrogen) atoms. The summed E-state index contributed by atoms with van der Waals surface area (Å²) < 4.78 is 0. The van der Waals surface area contributed by atoms with Gasteiger partial charge >= 0.3 is 0 Å². The van der Waals surface area contributed by atoms with Crippen molar-refractivity contribution in [3.8, 4) is 0 Å². The summed E-state index contributed by atoms with van der Waals surface area (Å²) in [5.74, 6) is 0. The molecule has 0 spiro atoms. The molecule has 1 aliphatic heterocycles. The molecule has 4 rings (SSSR count). The fourth-order valence-corrected chi connectivity index (χ4v) is 4.76. The van der Waals surface area contributed by atoms with Gasteiger partial charge in [-0.1, -0.05) is 12.1 Å². The van der Waals surface area contributed by atoms with Gasteiger partial charge in [0.2, 0.25) is 0 Å². The zero-order valence-electron chi connectivity index (χ0n) is 15.1. The van der Waals surface area contributed by atoms with Gasteiger partial charge in [-0.05, 0) is 80.5 Å². The van der Waals surface area contributed by atoms with Crippen molar-refractivity contribution in [2.24, 2.45) is 0 Å². The molecule has 1 saturated heterocycles. The van der Waals surface area contributed by atoms with E-state index in [1.165, 1.54) is 20.9 Å². The van der Waals surface area contributed by atoms with E-state index in [9.17, 15) is 0 Å². The molecule has 1 aliphatic rings. The molecule has 2 aromatic heterocycles. The summed E-state index contributed by atoms with van der Waals surface area (Å²) in [5, 5.41) is 4.26. The highest BCUT2D eigenvalue weighted by molar-refractivity contribution is 7.80. The Morgan fingerprint density at radius 1 is 1.04 bits per heavy atom. The molecule has 132 valence electrons. The molecular weight excluding hydrogens is 358 g/mol. The third-order valence-electron chi connectivity index (χ3n) is 4.92. The Hall–Kier alpha value is -2.24. The number of nitrogens with zero attached hydrogens (tertiary/aromatic N) is 2. The third kappa shape index (κ3) is 3.02. The quantitative estimate of drug-likeness (QED) is 0.630. The fourth-order valence-electron chi connectivity index (χ4n) is 3.41. The van der Waals surface area contributed by atoms with Gasteiger partial charge in [-0.25, -0.2) is 0 Å². The highest BCUT2D eigenvalue weighted by Gasteiger charge is 2.41. The largest absolute Gasteiger partial charge is 0.351 e. The van der Waals surface area contributed by atoms with Crippen LogP contribution in [0.1, 0.15) is 38.7 Å². The Bertz CT molecular complexity index is 949. The lowest BCUT2D eigenvalue weighted by molar-refractivity contribution is 0.575. The van der Waals surface area contributed by atoms with E-state index in [0.717, 1.165) is 16.5 Å². The van der Waals surface area contributed by atoms with Gasteiger partial charge < -0.3 is 10.2 Å². The first-order valence-corrected chi connectivity index (χ1v) is 9.91. The molecule has 0 radical (unpaired) electrons. The highest BCUT2D eigenvalue weighted by atomic mass is 32.1. The minimum Gasteiger partial charge on any atom is -0.351 e. The Kier molecular flexibility index (Phi) is 4.51. The molecule has 0 unspecified atom stereocenters. The Balaban J connectivity index is 1.83. The Labute approximate surface area is 163 Å². The molecule has 1 aromatic carbocycles. The molecule has 3 nitrogen and oxygen atoms in total. The second-order valence-corrected chi connectivity index (χ2v) is 8.42. The van der Waals surface area contributed by atoms with Crippen LogP contribution in [0.4, 0.5) is 5.69 Å². The van der Waals surface area contributed by atoms with Crippen molar-refractivity contribution in [1.82, 2.24) is 10.3 Å². The van der Waals surface area contributed by atoms with Crippen LogP contribution in [0, 0.1) is 20.8 Å². The monoisotopic (exact) mass is 379 g/mol. The molecule has 0 aliphatic carbocycles. The van der Waals surface area contributed by atoms with Crippen LogP contribution in [-0.4, -0.2) is 10.1 Å². The maximum absolute atomic E-state index is 5.75. The number of aromatic nitrogens is 1. The first-order chi connectivity index (χ1) is 12.5. The van der Waals surface area contributed by atoms with E-state index in [1.54, 1.807) is 0 Å². The van der Waals surface area contributed by atoms with Crippen LogP contribution in [0.25, 0.3) is 0 Å². The summed E-state index contributed by atoms with van der Waals surface area (Å²) in [6, 6.07) is 17.1. The number of aryl methyl sites for hydroxylation is 3. The highest BCUT2D eigenvalue weighted by Crippen LogP contribution is 2.43. The van der Waals surface area contributed by atoms with E-state index in [2.05, 4.69) is 72.4 Å². The number of benzene rings is 1. The minimum absolute atomic E-state index is 0.0309. The first-order valence-electron chi connectivity index (χ1n) is 8.69. The fraction of sp³-hybridized carbons (Fsp3) is 0.238. The van der Waals surface area contributed by atoms with E-state index < -0.39 is 0 Å². The van der Waals surface area contributed by atoms with Gasteiger partial charge in [-0.3, -0.25) is 4.98 Å². The molecule has 3 heterocycles. The van der Waals surface area contributed by atoms with E-state index in [0.29, 0.717) is 0 Å². The third-order valence-corrected chi connectivity index (χ3v) is 6.31. The number of rotatable bonds is 3. The van der Waals surface area contributed by atoms with Crippen molar-refractivity contribution in [3.05, 3.63) is 81.3 Å². The van der Waals surface area contributed by atoms with Crippen LogP contribution in [0.2, 0.25) is 0 Å². The van der Waals surface area contributed by atoms with Gasteiger partial charge in [0.25, 0.3) is 0 Å². The Morgan fingerprint density at radius 2 is 1.88 bits per heavy atom. The topological polar surface area (TPSA) is 28.2 Å². The number of hydrogen-bond donors (Lipinski definition) is 1. The zero-order valence-corrected chi connectivity index (χ0v) is 16.7. The number of pyridine rings is 1. The average molecular weight is 380 g/mol. The molecule has 5 heteroatoms. The molecule has 2 atom stereocenters. The smallest absolute Gasteiger partial charge is 0.174 e. The summed E-state index contributed by atoms with van der Waals surface area (Å²) >= 11 is 7.57. The molecular formula is C21H21N3S2. The number of nitrogens with one attached hydrogen (secondary N) is 1.